The summed E-state index contributed by atoms with van der Waals surface area (Å²) in [4.78, 5) is 42.8. The molecule has 1 aliphatic carbocycles. The van der Waals surface area contributed by atoms with E-state index in [2.05, 4.69) is 15.0 Å². The van der Waals surface area contributed by atoms with Crippen molar-refractivity contribution < 1.29 is 37.4 Å². The standard InChI is InChI=1S/C26H29F2N3O6/c1-15(32)31-13-19(17-5-6-22(37-26(27)28)23(11-17)36-14-16-3-4-16)10-21(31)24(33)30-12-20-9-18(7-8-29-20)25(34)35-2/h5-9,11,16,19,21,26H,3-4,10,12-14H2,1-2H3,(H,30,33)/t19?,21-/m1/s1. The topological polar surface area (TPSA) is 107 Å². The molecule has 1 N–H and O–H groups in total. The van der Waals surface area contributed by atoms with Crippen LogP contribution in [0.25, 0.3) is 0 Å². The molecular formula is C26H29F2N3O6. The summed E-state index contributed by atoms with van der Waals surface area (Å²) in [6, 6.07) is 7.07. The monoisotopic (exact) mass is 517 g/mol. The second-order valence-electron chi connectivity index (χ2n) is 9.20. The van der Waals surface area contributed by atoms with Crippen molar-refractivity contribution in [2.45, 2.75) is 51.3 Å². The van der Waals surface area contributed by atoms with Gasteiger partial charge in [-0.3, -0.25) is 14.6 Å². The molecule has 4 rings (SSSR count). The first-order chi connectivity index (χ1) is 17.7. The number of esters is 1. The average Bonchev–Trinajstić information content (AvgIpc) is 3.60. The average molecular weight is 518 g/mol. The second kappa shape index (κ2) is 11.5. The number of halogens is 2. The Kier molecular flexibility index (Phi) is 8.20. The Bertz CT molecular complexity index is 1160. The van der Waals surface area contributed by atoms with Gasteiger partial charge in [0.05, 0.1) is 31.5 Å². The number of carbonyl (C=O) groups excluding carboxylic acids is 3. The highest BCUT2D eigenvalue weighted by atomic mass is 19.3. The quantitative estimate of drug-likeness (QED) is 0.482. The largest absolute Gasteiger partial charge is 0.489 e. The number of nitrogens with zero attached hydrogens (tertiary/aromatic N) is 2. The van der Waals surface area contributed by atoms with E-state index < -0.39 is 18.6 Å². The molecule has 2 aliphatic rings. The van der Waals surface area contributed by atoms with Crippen LogP contribution in [0.2, 0.25) is 0 Å². The van der Waals surface area contributed by atoms with Crippen LogP contribution >= 0.6 is 0 Å². The Balaban J connectivity index is 1.46. The number of aromatic nitrogens is 1. The predicted molar refractivity (Wildman–Crippen MR) is 127 cm³/mol. The maximum Gasteiger partial charge on any atom is 0.387 e. The molecular weight excluding hydrogens is 488 g/mol. The summed E-state index contributed by atoms with van der Waals surface area (Å²) in [5.41, 5.74) is 1.54. The van der Waals surface area contributed by atoms with Gasteiger partial charge in [-0.05, 0) is 55.0 Å². The lowest BCUT2D eigenvalue weighted by Crippen LogP contribution is -2.45. The highest BCUT2D eigenvalue weighted by Crippen LogP contribution is 2.39. The number of alkyl halides is 2. The van der Waals surface area contributed by atoms with Gasteiger partial charge in [-0.1, -0.05) is 6.07 Å². The second-order valence-corrected chi connectivity index (χ2v) is 9.20. The summed E-state index contributed by atoms with van der Waals surface area (Å²) in [6.07, 6.45) is 3.88. The number of carbonyl (C=O) groups is 3. The van der Waals surface area contributed by atoms with Crippen molar-refractivity contribution in [2.24, 2.45) is 5.92 Å². The summed E-state index contributed by atoms with van der Waals surface area (Å²) in [5, 5.41) is 2.79. The van der Waals surface area contributed by atoms with E-state index in [9.17, 15) is 23.2 Å². The van der Waals surface area contributed by atoms with Crippen LogP contribution in [0.3, 0.4) is 0 Å². The van der Waals surface area contributed by atoms with Gasteiger partial charge in [-0.2, -0.15) is 8.78 Å². The first kappa shape index (κ1) is 26.3. The molecule has 37 heavy (non-hydrogen) atoms. The molecule has 2 heterocycles. The van der Waals surface area contributed by atoms with Crippen molar-refractivity contribution >= 4 is 17.8 Å². The van der Waals surface area contributed by atoms with Gasteiger partial charge >= 0.3 is 12.6 Å². The number of benzene rings is 1. The first-order valence-corrected chi connectivity index (χ1v) is 12.0. The maximum absolute atomic E-state index is 13.1. The lowest BCUT2D eigenvalue weighted by molar-refractivity contribution is -0.136. The molecule has 1 aliphatic heterocycles. The summed E-state index contributed by atoms with van der Waals surface area (Å²) in [5.74, 6) is -0.729. The summed E-state index contributed by atoms with van der Waals surface area (Å²) < 4.78 is 40.8. The number of likely N-dealkylation sites (tertiary alicyclic amines) is 1. The molecule has 11 heteroatoms. The fraction of sp³-hybridized carbons (Fsp3) is 0.462. The Morgan fingerprint density at radius 2 is 1.95 bits per heavy atom. The van der Waals surface area contributed by atoms with E-state index in [-0.39, 0.29) is 35.8 Å². The van der Waals surface area contributed by atoms with Crippen molar-refractivity contribution in [3.05, 3.63) is 53.3 Å². The van der Waals surface area contributed by atoms with Crippen molar-refractivity contribution in [3.63, 3.8) is 0 Å². The van der Waals surface area contributed by atoms with Gasteiger partial charge in [-0.25, -0.2) is 4.79 Å². The lowest BCUT2D eigenvalue weighted by Gasteiger charge is -2.22. The number of hydrogen-bond donors (Lipinski definition) is 1. The predicted octanol–water partition coefficient (Wildman–Crippen LogP) is 3.28. The van der Waals surface area contributed by atoms with E-state index in [0.29, 0.717) is 36.7 Å². The minimum Gasteiger partial charge on any atom is -0.489 e. The highest BCUT2D eigenvalue weighted by Gasteiger charge is 2.39. The summed E-state index contributed by atoms with van der Waals surface area (Å²) in [6.45, 7) is -0.808. The zero-order chi connectivity index (χ0) is 26.5. The van der Waals surface area contributed by atoms with E-state index >= 15 is 0 Å². The van der Waals surface area contributed by atoms with Gasteiger partial charge in [0.2, 0.25) is 11.8 Å². The molecule has 0 radical (unpaired) electrons. The normalized spacial score (nSPS) is 19.0. The molecule has 1 saturated carbocycles. The Morgan fingerprint density at radius 3 is 2.62 bits per heavy atom. The minimum atomic E-state index is -2.98. The smallest absolute Gasteiger partial charge is 0.387 e. The van der Waals surface area contributed by atoms with E-state index in [1.807, 2.05) is 0 Å². The van der Waals surface area contributed by atoms with Gasteiger partial charge in [0.15, 0.2) is 11.5 Å². The fourth-order valence-corrected chi connectivity index (χ4v) is 4.37. The fourth-order valence-electron chi connectivity index (χ4n) is 4.37. The lowest BCUT2D eigenvalue weighted by atomic mass is 9.95. The Labute approximate surface area is 213 Å². The molecule has 2 amide bonds. The van der Waals surface area contributed by atoms with Gasteiger partial charge in [-0.15, -0.1) is 0 Å². The van der Waals surface area contributed by atoms with Gasteiger partial charge in [0, 0.05) is 25.6 Å². The van der Waals surface area contributed by atoms with Gasteiger partial charge in [0.25, 0.3) is 0 Å². The van der Waals surface area contributed by atoms with Crippen molar-refractivity contribution in [3.8, 4) is 11.5 Å². The third-order valence-electron chi connectivity index (χ3n) is 6.52. The van der Waals surface area contributed by atoms with Crippen molar-refractivity contribution in [1.29, 1.82) is 0 Å². The van der Waals surface area contributed by atoms with E-state index in [4.69, 9.17) is 9.47 Å². The summed E-state index contributed by atoms with van der Waals surface area (Å²) >= 11 is 0. The third kappa shape index (κ3) is 6.72. The molecule has 198 valence electrons. The number of pyridine rings is 1. The van der Waals surface area contributed by atoms with Crippen molar-refractivity contribution in [2.75, 3.05) is 20.3 Å². The summed E-state index contributed by atoms with van der Waals surface area (Å²) in [7, 11) is 1.28. The van der Waals surface area contributed by atoms with E-state index in [0.717, 1.165) is 18.4 Å². The molecule has 9 nitrogen and oxygen atoms in total. The number of amides is 2. The molecule has 2 fully saturated rings. The van der Waals surface area contributed by atoms with Crippen LogP contribution in [0.15, 0.2) is 36.5 Å². The Morgan fingerprint density at radius 1 is 1.16 bits per heavy atom. The zero-order valence-electron chi connectivity index (χ0n) is 20.6. The van der Waals surface area contributed by atoms with Crippen LogP contribution in [-0.4, -0.2) is 60.6 Å². The molecule has 1 unspecified atom stereocenters. The SMILES string of the molecule is COC(=O)c1ccnc(CNC(=O)[C@H]2CC(c3ccc(OC(F)F)c(OCC4CC4)c3)CN2C(C)=O)c1. The molecule has 1 aromatic carbocycles. The van der Waals surface area contributed by atoms with Crippen LogP contribution in [0.1, 0.15) is 53.7 Å². The highest BCUT2D eigenvalue weighted by molar-refractivity contribution is 5.89. The molecule has 1 saturated heterocycles. The molecule has 0 bridgehead atoms. The van der Waals surface area contributed by atoms with Crippen LogP contribution in [0.4, 0.5) is 8.78 Å². The third-order valence-corrected chi connectivity index (χ3v) is 6.52. The van der Waals surface area contributed by atoms with E-state index in [1.165, 1.54) is 43.3 Å². The minimum absolute atomic E-state index is 0.0446. The van der Waals surface area contributed by atoms with E-state index in [1.54, 1.807) is 12.1 Å². The van der Waals surface area contributed by atoms with Crippen LogP contribution in [-0.2, 0) is 20.9 Å². The van der Waals surface area contributed by atoms with Crippen molar-refractivity contribution in [1.82, 2.24) is 15.2 Å². The van der Waals surface area contributed by atoms with Gasteiger partial charge in [0.1, 0.15) is 6.04 Å². The van der Waals surface area contributed by atoms with Crippen LogP contribution < -0.4 is 14.8 Å². The number of hydrogen-bond acceptors (Lipinski definition) is 7. The van der Waals surface area contributed by atoms with Crippen LogP contribution in [0.5, 0.6) is 11.5 Å². The molecule has 1 aromatic heterocycles. The first-order valence-electron chi connectivity index (χ1n) is 12.0. The number of nitrogens with one attached hydrogen (secondary N) is 1. The number of ether oxygens (including phenoxy) is 3. The number of methoxy groups -OCH3 is 1. The maximum atomic E-state index is 13.1. The van der Waals surface area contributed by atoms with Gasteiger partial charge < -0.3 is 24.4 Å². The zero-order valence-corrected chi connectivity index (χ0v) is 20.6. The Hall–Kier alpha value is -3.76. The molecule has 2 atom stereocenters. The van der Waals surface area contributed by atoms with Crippen LogP contribution in [0, 0.1) is 5.92 Å². The molecule has 2 aromatic rings. The number of rotatable bonds is 10. The molecule has 0 spiro atoms.